The monoisotopic (exact) mass is 392 g/mol. The van der Waals surface area contributed by atoms with Crippen LogP contribution in [-0.4, -0.2) is 54.3 Å². The second-order valence-corrected chi connectivity index (χ2v) is 8.35. The molecule has 2 unspecified atom stereocenters. The molecule has 1 saturated carbocycles. The topological polar surface area (TPSA) is 105 Å². The molecule has 0 spiro atoms. The van der Waals surface area contributed by atoms with E-state index in [4.69, 9.17) is 5.73 Å². The van der Waals surface area contributed by atoms with Crippen LogP contribution in [-0.2, 0) is 9.59 Å². The fourth-order valence-corrected chi connectivity index (χ4v) is 4.67. The van der Waals surface area contributed by atoms with Crippen LogP contribution in [0, 0.1) is 5.92 Å². The van der Waals surface area contributed by atoms with Crippen molar-refractivity contribution in [1.29, 1.82) is 0 Å². The van der Waals surface area contributed by atoms with Gasteiger partial charge in [0.1, 0.15) is 12.1 Å². The van der Waals surface area contributed by atoms with Crippen molar-refractivity contribution in [3.05, 3.63) is 22.4 Å². The molecule has 8 heteroatoms. The Morgan fingerprint density at radius 3 is 2.74 bits per heavy atom. The first kappa shape index (κ1) is 19.8. The number of nitrogens with one attached hydrogen (secondary N) is 2. The molecule has 1 aromatic rings. The highest BCUT2D eigenvalue weighted by Gasteiger charge is 2.35. The van der Waals surface area contributed by atoms with Crippen molar-refractivity contribution in [1.82, 2.24) is 15.5 Å². The van der Waals surface area contributed by atoms with Crippen LogP contribution in [0.2, 0.25) is 0 Å². The number of hydrogen-bond donors (Lipinski definition) is 3. The lowest BCUT2D eigenvalue weighted by Gasteiger charge is -2.36. The molecule has 1 aromatic heterocycles. The summed E-state index contributed by atoms with van der Waals surface area (Å²) >= 11 is 1.36. The molecular weight excluding hydrogens is 364 g/mol. The van der Waals surface area contributed by atoms with Crippen molar-refractivity contribution >= 4 is 29.1 Å². The highest BCUT2D eigenvalue weighted by molar-refractivity contribution is 7.12. The third-order valence-electron chi connectivity index (χ3n) is 5.49. The average Bonchev–Trinajstić information content (AvgIpc) is 3.22. The molecule has 0 bridgehead atoms. The minimum Gasteiger partial charge on any atom is -0.368 e. The number of piperazine rings is 1. The molecule has 1 aliphatic heterocycles. The Hall–Kier alpha value is -1.93. The molecule has 1 saturated heterocycles. The zero-order valence-electron chi connectivity index (χ0n) is 15.5. The molecule has 0 aromatic carbocycles. The molecule has 2 fully saturated rings. The number of rotatable bonds is 6. The zero-order valence-corrected chi connectivity index (χ0v) is 16.3. The molecule has 7 nitrogen and oxygen atoms in total. The lowest BCUT2D eigenvalue weighted by atomic mass is 9.84. The maximum Gasteiger partial charge on any atom is 0.264 e. The zero-order chi connectivity index (χ0) is 19.2. The molecule has 4 N–H and O–H groups in total. The van der Waals surface area contributed by atoms with Gasteiger partial charge in [0.05, 0.1) is 4.88 Å². The van der Waals surface area contributed by atoms with E-state index >= 15 is 0 Å². The summed E-state index contributed by atoms with van der Waals surface area (Å²) in [7, 11) is 0. The molecule has 27 heavy (non-hydrogen) atoms. The van der Waals surface area contributed by atoms with Crippen molar-refractivity contribution in [2.24, 2.45) is 11.7 Å². The van der Waals surface area contributed by atoms with Gasteiger partial charge in [0.15, 0.2) is 0 Å². The Morgan fingerprint density at radius 2 is 2.07 bits per heavy atom. The number of carbonyl (C=O) groups is 3. The third-order valence-corrected chi connectivity index (χ3v) is 6.35. The van der Waals surface area contributed by atoms with Gasteiger partial charge in [0.25, 0.3) is 5.91 Å². The quantitative estimate of drug-likeness (QED) is 0.674. The SMILES string of the molecule is NC(=O)C(CC1CCCCC1)NC(=O)C1CNCCN1C(=O)c1cccs1. The minimum absolute atomic E-state index is 0.144. The standard InChI is InChI=1S/C19H28N4O3S/c20-17(24)14(11-13-5-2-1-3-6-13)22-18(25)15-12-21-8-9-23(15)19(26)16-7-4-10-27-16/h4,7,10,13-15,21H,1-3,5-6,8-9,11-12H2,(H2,20,24)(H,22,25). The van der Waals surface area contributed by atoms with Gasteiger partial charge in [-0.3, -0.25) is 14.4 Å². The molecule has 3 rings (SSSR count). The Kier molecular flexibility index (Phi) is 6.84. The van der Waals surface area contributed by atoms with E-state index in [0.29, 0.717) is 36.9 Å². The van der Waals surface area contributed by atoms with Gasteiger partial charge >= 0.3 is 0 Å². The summed E-state index contributed by atoms with van der Waals surface area (Å²) < 4.78 is 0. The van der Waals surface area contributed by atoms with Crippen molar-refractivity contribution in [3.63, 3.8) is 0 Å². The summed E-state index contributed by atoms with van der Waals surface area (Å²) in [5.41, 5.74) is 5.56. The Labute approximate surface area is 163 Å². The fraction of sp³-hybridized carbons (Fsp3) is 0.632. The molecule has 148 valence electrons. The van der Waals surface area contributed by atoms with E-state index in [1.807, 2.05) is 11.4 Å². The van der Waals surface area contributed by atoms with Gasteiger partial charge in [0, 0.05) is 19.6 Å². The number of carbonyl (C=O) groups excluding carboxylic acids is 3. The van der Waals surface area contributed by atoms with Gasteiger partial charge in [-0.2, -0.15) is 0 Å². The Morgan fingerprint density at radius 1 is 1.30 bits per heavy atom. The summed E-state index contributed by atoms with van der Waals surface area (Å²) in [5.74, 6) is -0.542. The van der Waals surface area contributed by atoms with E-state index in [1.165, 1.54) is 30.6 Å². The lowest BCUT2D eigenvalue weighted by molar-refractivity contribution is -0.131. The van der Waals surface area contributed by atoms with Gasteiger partial charge in [-0.05, 0) is 23.8 Å². The molecule has 2 atom stereocenters. The van der Waals surface area contributed by atoms with Crippen molar-refractivity contribution in [3.8, 4) is 0 Å². The number of primary amides is 1. The smallest absolute Gasteiger partial charge is 0.264 e. The summed E-state index contributed by atoms with van der Waals surface area (Å²) in [4.78, 5) is 39.8. The minimum atomic E-state index is -0.679. The van der Waals surface area contributed by atoms with E-state index in [2.05, 4.69) is 10.6 Å². The van der Waals surface area contributed by atoms with E-state index in [9.17, 15) is 14.4 Å². The van der Waals surface area contributed by atoms with Crippen LogP contribution in [0.5, 0.6) is 0 Å². The lowest BCUT2D eigenvalue weighted by Crippen LogP contribution is -2.61. The van der Waals surface area contributed by atoms with E-state index in [1.54, 1.807) is 11.0 Å². The fourth-order valence-electron chi connectivity index (χ4n) is 3.99. The summed E-state index contributed by atoms with van der Waals surface area (Å²) in [6, 6.07) is 2.27. The van der Waals surface area contributed by atoms with E-state index < -0.39 is 18.0 Å². The average molecular weight is 393 g/mol. The third kappa shape index (κ3) is 5.07. The molecule has 3 amide bonds. The summed E-state index contributed by atoms with van der Waals surface area (Å²) in [6.07, 6.45) is 6.30. The normalized spacial score (nSPS) is 22.2. The first-order chi connectivity index (χ1) is 13.1. The van der Waals surface area contributed by atoms with Crippen molar-refractivity contribution in [2.75, 3.05) is 19.6 Å². The number of amides is 3. The highest BCUT2D eigenvalue weighted by Crippen LogP contribution is 2.27. The largest absolute Gasteiger partial charge is 0.368 e. The number of nitrogens with two attached hydrogens (primary N) is 1. The van der Waals surface area contributed by atoms with Crippen molar-refractivity contribution in [2.45, 2.75) is 50.6 Å². The van der Waals surface area contributed by atoms with Crippen LogP contribution in [0.1, 0.15) is 48.2 Å². The predicted molar refractivity (Wildman–Crippen MR) is 104 cm³/mol. The molecule has 2 heterocycles. The number of thiophene rings is 1. The molecule has 0 radical (unpaired) electrons. The summed E-state index contributed by atoms with van der Waals surface area (Å²) in [6.45, 7) is 1.47. The van der Waals surface area contributed by atoms with Gasteiger partial charge in [-0.1, -0.05) is 38.2 Å². The number of hydrogen-bond acceptors (Lipinski definition) is 5. The van der Waals surface area contributed by atoms with Crippen LogP contribution in [0.25, 0.3) is 0 Å². The Bertz CT molecular complexity index is 658. The highest BCUT2D eigenvalue weighted by atomic mass is 32.1. The second-order valence-electron chi connectivity index (χ2n) is 7.40. The first-order valence-corrected chi connectivity index (χ1v) is 10.6. The predicted octanol–water partition coefficient (Wildman–Crippen LogP) is 1.10. The van der Waals surface area contributed by atoms with Crippen LogP contribution in [0.4, 0.5) is 0 Å². The van der Waals surface area contributed by atoms with E-state index in [0.717, 1.165) is 12.8 Å². The molecule has 1 aliphatic carbocycles. The van der Waals surface area contributed by atoms with Gasteiger partial charge in [-0.15, -0.1) is 11.3 Å². The number of nitrogens with zero attached hydrogens (tertiary/aromatic N) is 1. The van der Waals surface area contributed by atoms with Crippen molar-refractivity contribution < 1.29 is 14.4 Å². The van der Waals surface area contributed by atoms with Gasteiger partial charge in [-0.25, -0.2) is 0 Å². The van der Waals surface area contributed by atoms with Crippen LogP contribution >= 0.6 is 11.3 Å². The first-order valence-electron chi connectivity index (χ1n) is 9.71. The van der Waals surface area contributed by atoms with Crippen LogP contribution in [0.15, 0.2) is 17.5 Å². The molecule has 2 aliphatic rings. The van der Waals surface area contributed by atoms with Gasteiger partial charge < -0.3 is 21.3 Å². The van der Waals surface area contributed by atoms with Gasteiger partial charge in [0.2, 0.25) is 11.8 Å². The second kappa shape index (κ2) is 9.32. The van der Waals surface area contributed by atoms with E-state index in [-0.39, 0.29) is 11.8 Å². The maximum absolute atomic E-state index is 12.9. The van der Waals surface area contributed by atoms with Crippen LogP contribution in [0.3, 0.4) is 0 Å². The Balaban J connectivity index is 1.65. The maximum atomic E-state index is 12.9. The summed E-state index contributed by atoms with van der Waals surface area (Å²) in [5, 5.41) is 7.83. The molecular formula is C19H28N4O3S. The van der Waals surface area contributed by atoms with Crippen LogP contribution < -0.4 is 16.4 Å².